The van der Waals surface area contributed by atoms with Crippen molar-refractivity contribution in [3.8, 4) is 0 Å². The zero-order valence-electron chi connectivity index (χ0n) is 12.4. The largest absolute Gasteiger partial charge is 0.375 e. The second-order valence-corrected chi connectivity index (χ2v) is 6.34. The third kappa shape index (κ3) is 2.45. The maximum Gasteiger partial charge on any atom is 0.181 e. The molecule has 0 atom stereocenters. The number of nitrogens with one attached hydrogen (secondary N) is 2. The maximum absolute atomic E-state index is 8.81. The highest BCUT2D eigenvalue weighted by Crippen LogP contribution is 2.25. The first-order valence-electron chi connectivity index (χ1n) is 7.09. The molecule has 0 unspecified atom stereocenters. The molecular formula is C15H13N7OS. The van der Waals surface area contributed by atoms with Gasteiger partial charge in [-0.2, -0.15) is 0 Å². The monoisotopic (exact) mass is 339 g/mol. The van der Waals surface area contributed by atoms with E-state index in [4.69, 9.17) is 16.4 Å². The molecule has 9 heteroatoms. The lowest BCUT2D eigenvalue weighted by molar-refractivity contribution is 0.234. The van der Waals surface area contributed by atoms with Crippen LogP contribution in [0.15, 0.2) is 36.8 Å². The molecule has 1 aromatic carbocycles. The minimum Gasteiger partial charge on any atom is -0.375 e. The number of anilines is 1. The van der Waals surface area contributed by atoms with Gasteiger partial charge in [-0.3, -0.25) is 16.1 Å². The van der Waals surface area contributed by atoms with Gasteiger partial charge in [-0.05, 0) is 23.8 Å². The molecule has 120 valence electrons. The van der Waals surface area contributed by atoms with Gasteiger partial charge in [0.15, 0.2) is 16.6 Å². The van der Waals surface area contributed by atoms with E-state index in [1.165, 1.54) is 17.5 Å². The molecule has 3 heterocycles. The Hall–Kier alpha value is -3.04. The highest BCUT2D eigenvalue weighted by molar-refractivity contribution is 7.22. The third-order valence-corrected chi connectivity index (χ3v) is 4.53. The van der Waals surface area contributed by atoms with Crippen LogP contribution in [0.5, 0.6) is 0 Å². The van der Waals surface area contributed by atoms with Crippen LogP contribution >= 0.6 is 11.3 Å². The summed E-state index contributed by atoms with van der Waals surface area (Å²) in [5.41, 5.74) is 11.4. The van der Waals surface area contributed by atoms with Gasteiger partial charge in [0.05, 0.1) is 23.1 Å². The third-order valence-electron chi connectivity index (χ3n) is 3.68. The Morgan fingerprint density at radius 3 is 3.00 bits per heavy atom. The molecule has 4 aromatic rings. The van der Waals surface area contributed by atoms with Gasteiger partial charge in [0, 0.05) is 11.8 Å². The molecular weight excluding hydrogens is 326 g/mol. The van der Waals surface area contributed by atoms with Crippen molar-refractivity contribution in [2.24, 2.45) is 0 Å². The lowest BCUT2D eigenvalue weighted by Crippen LogP contribution is -2.18. The van der Waals surface area contributed by atoms with Crippen molar-refractivity contribution >= 4 is 43.7 Å². The maximum atomic E-state index is 8.81. The molecule has 0 saturated heterocycles. The molecule has 0 spiro atoms. The van der Waals surface area contributed by atoms with Crippen molar-refractivity contribution in [3.63, 3.8) is 0 Å². The Morgan fingerprint density at radius 1 is 1.29 bits per heavy atom. The van der Waals surface area contributed by atoms with E-state index in [-0.39, 0.29) is 5.84 Å². The normalized spacial score (nSPS) is 11.2. The predicted molar refractivity (Wildman–Crippen MR) is 92.4 cm³/mol. The van der Waals surface area contributed by atoms with Crippen LogP contribution in [-0.4, -0.2) is 30.6 Å². The molecule has 0 aliphatic heterocycles. The SMILES string of the molecule is N=C(NO)c1cnc2c(c1)ncn2Cc1ccc2nc(N)sc2c1. The Labute approximate surface area is 140 Å². The van der Waals surface area contributed by atoms with Gasteiger partial charge >= 0.3 is 0 Å². The quantitative estimate of drug-likeness (QED) is 0.257. The first-order valence-corrected chi connectivity index (χ1v) is 7.90. The standard InChI is InChI=1S/C15H13N7OS/c16-13(21-23)9-4-11-14(18-5-9)22(7-19-11)6-8-1-2-10-12(3-8)24-15(17)20-10/h1-5,7,23H,6H2,(H2,16,21)(H2,17,20). The summed E-state index contributed by atoms with van der Waals surface area (Å²) in [5.74, 6) is -0.118. The van der Waals surface area contributed by atoms with E-state index in [9.17, 15) is 0 Å². The van der Waals surface area contributed by atoms with Crippen molar-refractivity contribution in [1.29, 1.82) is 5.41 Å². The number of nitrogen functional groups attached to an aromatic ring is 1. The second kappa shape index (κ2) is 5.55. The van der Waals surface area contributed by atoms with Crippen LogP contribution in [0, 0.1) is 5.41 Å². The van der Waals surface area contributed by atoms with Crippen molar-refractivity contribution < 1.29 is 5.21 Å². The van der Waals surface area contributed by atoms with Gasteiger partial charge in [0.1, 0.15) is 5.52 Å². The van der Waals surface area contributed by atoms with E-state index in [1.807, 2.05) is 16.7 Å². The number of thiazole rings is 1. The Morgan fingerprint density at radius 2 is 2.17 bits per heavy atom. The lowest BCUT2D eigenvalue weighted by atomic mass is 10.2. The van der Waals surface area contributed by atoms with Crippen LogP contribution in [0.2, 0.25) is 0 Å². The number of aromatic nitrogens is 4. The van der Waals surface area contributed by atoms with Crippen molar-refractivity contribution in [1.82, 2.24) is 25.0 Å². The lowest BCUT2D eigenvalue weighted by Gasteiger charge is -2.05. The molecule has 24 heavy (non-hydrogen) atoms. The number of amidine groups is 1. The number of hydrogen-bond acceptors (Lipinski definition) is 7. The molecule has 0 fully saturated rings. The fourth-order valence-electron chi connectivity index (χ4n) is 2.55. The number of fused-ring (bicyclic) bond motifs is 2. The van der Waals surface area contributed by atoms with Crippen LogP contribution in [-0.2, 0) is 6.54 Å². The van der Waals surface area contributed by atoms with Crippen LogP contribution in [0.1, 0.15) is 11.1 Å². The number of nitrogens with two attached hydrogens (primary N) is 1. The smallest absolute Gasteiger partial charge is 0.181 e. The molecule has 5 N–H and O–H groups in total. The van der Waals surface area contributed by atoms with Crippen LogP contribution in [0.3, 0.4) is 0 Å². The molecule has 0 amide bonds. The van der Waals surface area contributed by atoms with Crippen molar-refractivity contribution in [3.05, 3.63) is 47.9 Å². The van der Waals surface area contributed by atoms with E-state index in [1.54, 1.807) is 17.9 Å². The summed E-state index contributed by atoms with van der Waals surface area (Å²) in [6.45, 7) is 0.617. The Bertz CT molecular complexity index is 1070. The average Bonchev–Trinajstić information content (AvgIpc) is 3.16. The zero-order valence-corrected chi connectivity index (χ0v) is 13.2. The Balaban J connectivity index is 1.69. The summed E-state index contributed by atoms with van der Waals surface area (Å²) in [4.78, 5) is 12.9. The van der Waals surface area contributed by atoms with Gasteiger partial charge in [0.25, 0.3) is 0 Å². The van der Waals surface area contributed by atoms with E-state index in [0.717, 1.165) is 15.8 Å². The number of hydroxylamine groups is 1. The minimum absolute atomic E-state index is 0.118. The summed E-state index contributed by atoms with van der Waals surface area (Å²) >= 11 is 1.46. The number of benzene rings is 1. The molecule has 0 aliphatic rings. The van der Waals surface area contributed by atoms with Crippen LogP contribution < -0.4 is 11.2 Å². The minimum atomic E-state index is -0.118. The van der Waals surface area contributed by atoms with Crippen molar-refractivity contribution in [2.45, 2.75) is 6.54 Å². The fraction of sp³-hybridized carbons (Fsp3) is 0.0667. The number of imidazole rings is 1. The van der Waals surface area contributed by atoms with Gasteiger partial charge in [0.2, 0.25) is 0 Å². The van der Waals surface area contributed by atoms with E-state index >= 15 is 0 Å². The second-order valence-electron chi connectivity index (χ2n) is 5.28. The summed E-state index contributed by atoms with van der Waals surface area (Å²) in [6.07, 6.45) is 3.24. The molecule has 0 saturated carbocycles. The number of rotatable bonds is 3. The zero-order chi connectivity index (χ0) is 16.7. The average molecular weight is 339 g/mol. The van der Waals surface area contributed by atoms with Gasteiger partial charge < -0.3 is 10.3 Å². The molecule has 0 bridgehead atoms. The van der Waals surface area contributed by atoms with Crippen molar-refractivity contribution in [2.75, 3.05) is 5.73 Å². The molecule has 4 rings (SSSR count). The van der Waals surface area contributed by atoms with Gasteiger partial charge in [-0.15, -0.1) is 0 Å². The molecule has 0 radical (unpaired) electrons. The number of pyridine rings is 1. The molecule has 0 aliphatic carbocycles. The summed E-state index contributed by atoms with van der Waals surface area (Å²) < 4.78 is 2.98. The molecule has 8 nitrogen and oxygen atoms in total. The van der Waals surface area contributed by atoms with Gasteiger partial charge in [-0.25, -0.2) is 15.0 Å². The first kappa shape index (κ1) is 14.5. The van der Waals surface area contributed by atoms with Gasteiger partial charge in [-0.1, -0.05) is 17.4 Å². The van der Waals surface area contributed by atoms with Crippen LogP contribution in [0.25, 0.3) is 21.4 Å². The predicted octanol–water partition coefficient (Wildman–Crippen LogP) is 1.98. The fourth-order valence-corrected chi connectivity index (χ4v) is 3.35. The number of hydrogen-bond donors (Lipinski definition) is 4. The topological polar surface area (TPSA) is 126 Å². The molecule has 3 aromatic heterocycles. The van der Waals surface area contributed by atoms with E-state index < -0.39 is 0 Å². The highest BCUT2D eigenvalue weighted by atomic mass is 32.1. The Kier molecular flexibility index (Phi) is 3.36. The van der Waals surface area contributed by atoms with E-state index in [0.29, 0.717) is 28.4 Å². The summed E-state index contributed by atoms with van der Waals surface area (Å²) in [6, 6.07) is 7.73. The first-order chi connectivity index (χ1) is 11.6. The number of nitrogens with zero attached hydrogens (tertiary/aromatic N) is 4. The van der Waals surface area contributed by atoms with E-state index in [2.05, 4.69) is 21.0 Å². The van der Waals surface area contributed by atoms with Crippen LogP contribution in [0.4, 0.5) is 5.13 Å². The summed E-state index contributed by atoms with van der Waals surface area (Å²) in [5, 5.41) is 16.9. The summed E-state index contributed by atoms with van der Waals surface area (Å²) in [7, 11) is 0. The highest BCUT2D eigenvalue weighted by Gasteiger charge is 2.09.